The molecule has 0 atom stereocenters. The van der Waals surface area contributed by atoms with Gasteiger partial charge in [-0.05, 0) is 36.8 Å². The first kappa shape index (κ1) is 22.2. The van der Waals surface area contributed by atoms with Crippen molar-refractivity contribution in [3.05, 3.63) is 60.0 Å². The Kier molecular flexibility index (Phi) is 5.97. The number of nitrogens with zero attached hydrogens (tertiary/aromatic N) is 3. The second-order valence-corrected chi connectivity index (χ2v) is 8.05. The highest BCUT2D eigenvalue weighted by Gasteiger charge is 2.34. The zero-order valence-electron chi connectivity index (χ0n) is 17.5. The third kappa shape index (κ3) is 5.56. The normalized spacial score (nSPS) is 11.8. The topological polar surface area (TPSA) is 79.8 Å². The fourth-order valence-electron chi connectivity index (χ4n) is 2.58. The summed E-state index contributed by atoms with van der Waals surface area (Å²) in [5.41, 5.74) is 0.603. The lowest BCUT2D eigenvalue weighted by molar-refractivity contribution is -0.141. The number of amides is 1. The van der Waals surface area contributed by atoms with Crippen LogP contribution in [-0.4, -0.2) is 20.9 Å². The molecule has 31 heavy (non-hydrogen) atoms. The molecule has 0 unspecified atom stereocenters. The van der Waals surface area contributed by atoms with Crippen LogP contribution in [0.15, 0.2) is 48.8 Å². The number of nitrogens with one attached hydrogen (secondary N) is 2. The van der Waals surface area contributed by atoms with E-state index in [4.69, 9.17) is 0 Å². The van der Waals surface area contributed by atoms with E-state index < -0.39 is 17.3 Å². The molecule has 0 aliphatic heterocycles. The van der Waals surface area contributed by atoms with Crippen molar-refractivity contribution in [3.63, 3.8) is 0 Å². The van der Waals surface area contributed by atoms with Gasteiger partial charge in [0.2, 0.25) is 5.91 Å². The second kappa shape index (κ2) is 8.33. The summed E-state index contributed by atoms with van der Waals surface area (Å²) in [6.45, 7) is 7.20. The summed E-state index contributed by atoms with van der Waals surface area (Å²) < 4.78 is 40.2. The maximum Gasteiger partial charge on any atom is 0.433 e. The van der Waals surface area contributed by atoms with Crippen LogP contribution in [0.25, 0.3) is 11.4 Å². The number of halogens is 3. The molecule has 6 nitrogen and oxygen atoms in total. The predicted molar refractivity (Wildman–Crippen MR) is 113 cm³/mol. The van der Waals surface area contributed by atoms with Gasteiger partial charge in [-0.25, -0.2) is 9.97 Å². The predicted octanol–water partition coefficient (Wildman–Crippen LogP) is 5.59. The number of carbonyl (C=O) groups excluding carboxylic acids is 1. The van der Waals surface area contributed by atoms with E-state index in [2.05, 4.69) is 25.6 Å². The Labute approximate surface area is 178 Å². The minimum atomic E-state index is -4.64. The zero-order valence-corrected chi connectivity index (χ0v) is 17.5. The molecule has 0 saturated carbocycles. The van der Waals surface area contributed by atoms with E-state index >= 15 is 0 Å². The van der Waals surface area contributed by atoms with Crippen molar-refractivity contribution in [2.24, 2.45) is 5.41 Å². The van der Waals surface area contributed by atoms with Gasteiger partial charge in [-0.1, -0.05) is 26.8 Å². The number of aryl methyl sites for hydroxylation is 1. The van der Waals surface area contributed by atoms with Crippen molar-refractivity contribution in [2.75, 3.05) is 10.6 Å². The van der Waals surface area contributed by atoms with E-state index in [9.17, 15) is 18.0 Å². The molecule has 9 heteroatoms. The summed E-state index contributed by atoms with van der Waals surface area (Å²) in [4.78, 5) is 24.1. The summed E-state index contributed by atoms with van der Waals surface area (Å²) in [5, 5.41) is 5.74. The van der Waals surface area contributed by atoms with Gasteiger partial charge in [0.25, 0.3) is 0 Å². The van der Waals surface area contributed by atoms with Gasteiger partial charge >= 0.3 is 6.18 Å². The van der Waals surface area contributed by atoms with Gasteiger partial charge in [-0.2, -0.15) is 13.2 Å². The Morgan fingerprint density at radius 1 is 0.968 bits per heavy atom. The van der Waals surface area contributed by atoms with Gasteiger partial charge in [-0.3, -0.25) is 9.78 Å². The van der Waals surface area contributed by atoms with Crippen LogP contribution >= 0.6 is 0 Å². The van der Waals surface area contributed by atoms with Crippen LogP contribution in [0.3, 0.4) is 0 Å². The zero-order chi connectivity index (χ0) is 22.8. The SMILES string of the molecule is Cc1ccc(Nc2cc(C(F)(F)F)nc(-c3ccncc3)n2)cc1NC(=O)C(C)(C)C. The van der Waals surface area contributed by atoms with Crippen molar-refractivity contribution >= 4 is 23.1 Å². The lowest BCUT2D eigenvalue weighted by atomic mass is 9.95. The summed E-state index contributed by atoms with van der Waals surface area (Å²) >= 11 is 0. The average Bonchev–Trinajstić information content (AvgIpc) is 2.69. The van der Waals surface area contributed by atoms with Gasteiger partial charge in [0.15, 0.2) is 11.5 Å². The molecule has 2 N–H and O–H groups in total. The number of alkyl halides is 3. The molecule has 162 valence electrons. The molecule has 0 fully saturated rings. The minimum absolute atomic E-state index is 0.0221. The molecule has 0 spiro atoms. The lowest BCUT2D eigenvalue weighted by Gasteiger charge is -2.19. The maximum atomic E-state index is 13.4. The molecular formula is C22H22F3N5O. The first-order valence-electron chi connectivity index (χ1n) is 9.49. The first-order valence-corrected chi connectivity index (χ1v) is 9.49. The van der Waals surface area contributed by atoms with Gasteiger partial charge in [0, 0.05) is 40.8 Å². The molecule has 0 aliphatic carbocycles. The Morgan fingerprint density at radius 2 is 1.65 bits per heavy atom. The number of anilines is 3. The molecule has 0 radical (unpaired) electrons. The van der Waals surface area contributed by atoms with Crippen LogP contribution < -0.4 is 10.6 Å². The molecule has 2 heterocycles. The summed E-state index contributed by atoms with van der Waals surface area (Å²) in [5.74, 6) is -0.270. The maximum absolute atomic E-state index is 13.4. The number of pyridine rings is 1. The van der Waals surface area contributed by atoms with E-state index in [1.54, 1.807) is 39.0 Å². The summed E-state index contributed by atoms with van der Waals surface area (Å²) in [6.07, 6.45) is -1.73. The fourth-order valence-corrected chi connectivity index (χ4v) is 2.58. The van der Waals surface area contributed by atoms with Crippen molar-refractivity contribution in [3.8, 4) is 11.4 Å². The van der Waals surface area contributed by atoms with Crippen LogP contribution in [0.1, 0.15) is 32.0 Å². The highest BCUT2D eigenvalue weighted by molar-refractivity contribution is 5.95. The summed E-state index contributed by atoms with van der Waals surface area (Å²) in [7, 11) is 0. The number of hydrogen-bond donors (Lipinski definition) is 2. The lowest BCUT2D eigenvalue weighted by Crippen LogP contribution is -2.27. The minimum Gasteiger partial charge on any atom is -0.340 e. The monoisotopic (exact) mass is 429 g/mol. The standard InChI is InChI=1S/C22H22F3N5O/c1-13-5-6-15(11-16(13)28-20(31)21(2,3)4)27-18-12-17(22(23,24)25)29-19(30-18)14-7-9-26-10-8-14/h5-12H,1-4H3,(H,28,31)(H,27,29,30). The molecule has 0 saturated heterocycles. The van der Waals surface area contributed by atoms with Crippen LogP contribution in [0.5, 0.6) is 0 Å². The van der Waals surface area contributed by atoms with Gasteiger partial charge in [0.1, 0.15) is 5.82 Å². The van der Waals surface area contributed by atoms with Crippen LogP contribution in [0.2, 0.25) is 0 Å². The molecular weight excluding hydrogens is 407 g/mol. The first-order chi connectivity index (χ1) is 14.4. The number of benzene rings is 1. The van der Waals surface area contributed by atoms with E-state index in [1.165, 1.54) is 24.5 Å². The van der Waals surface area contributed by atoms with Crippen molar-refractivity contribution in [2.45, 2.75) is 33.9 Å². The van der Waals surface area contributed by atoms with E-state index in [0.29, 0.717) is 16.9 Å². The Hall–Kier alpha value is -3.49. The highest BCUT2D eigenvalue weighted by Crippen LogP contribution is 2.32. The van der Waals surface area contributed by atoms with Crippen molar-refractivity contribution in [1.82, 2.24) is 15.0 Å². The van der Waals surface area contributed by atoms with E-state index in [0.717, 1.165) is 11.6 Å². The Balaban J connectivity index is 1.97. The number of hydrogen-bond acceptors (Lipinski definition) is 5. The molecule has 2 aromatic heterocycles. The van der Waals surface area contributed by atoms with Crippen LogP contribution in [-0.2, 0) is 11.0 Å². The number of aromatic nitrogens is 3. The van der Waals surface area contributed by atoms with Crippen LogP contribution in [0.4, 0.5) is 30.4 Å². The third-order valence-electron chi connectivity index (χ3n) is 4.39. The highest BCUT2D eigenvalue weighted by atomic mass is 19.4. The van der Waals surface area contributed by atoms with E-state index in [1.807, 2.05) is 6.92 Å². The molecule has 0 aliphatic rings. The fraction of sp³-hybridized carbons (Fsp3) is 0.273. The van der Waals surface area contributed by atoms with Crippen molar-refractivity contribution < 1.29 is 18.0 Å². The van der Waals surface area contributed by atoms with E-state index in [-0.39, 0.29) is 17.5 Å². The average molecular weight is 429 g/mol. The number of carbonyl (C=O) groups is 1. The van der Waals surface area contributed by atoms with Gasteiger partial charge < -0.3 is 10.6 Å². The Morgan fingerprint density at radius 3 is 2.26 bits per heavy atom. The molecule has 3 aromatic rings. The summed E-state index contributed by atoms with van der Waals surface area (Å²) in [6, 6.07) is 9.02. The van der Waals surface area contributed by atoms with Gasteiger partial charge in [0.05, 0.1) is 0 Å². The number of rotatable bonds is 4. The molecule has 0 bridgehead atoms. The Bertz CT molecular complexity index is 1090. The smallest absolute Gasteiger partial charge is 0.340 e. The molecule has 1 aromatic carbocycles. The molecule has 3 rings (SSSR count). The quantitative estimate of drug-likeness (QED) is 0.565. The largest absolute Gasteiger partial charge is 0.433 e. The third-order valence-corrected chi connectivity index (χ3v) is 4.39. The van der Waals surface area contributed by atoms with Gasteiger partial charge in [-0.15, -0.1) is 0 Å². The van der Waals surface area contributed by atoms with Crippen molar-refractivity contribution in [1.29, 1.82) is 0 Å². The van der Waals surface area contributed by atoms with Crippen LogP contribution in [0, 0.1) is 12.3 Å². The second-order valence-electron chi connectivity index (χ2n) is 8.05. The molecule has 1 amide bonds.